The number of halogens is 1. The third kappa shape index (κ3) is 6.84. The quantitative estimate of drug-likeness (QED) is 0.251. The lowest BCUT2D eigenvalue weighted by Gasteiger charge is -2.20. The molecule has 10 nitrogen and oxygen atoms in total. The van der Waals surface area contributed by atoms with Crippen LogP contribution in [0.2, 0.25) is 5.02 Å². The number of nitrogens with one attached hydrogen (secondary N) is 3. The maximum atomic E-state index is 13.0. The van der Waals surface area contributed by atoms with Crippen LogP contribution in [0.25, 0.3) is 0 Å². The molecule has 3 amide bonds. The molecule has 0 saturated carbocycles. The monoisotopic (exact) mass is 522 g/mol. The number of rotatable bonds is 9. The Kier molecular flexibility index (Phi) is 9.20. The lowest BCUT2D eigenvalue weighted by Crippen LogP contribution is -2.40. The van der Waals surface area contributed by atoms with Gasteiger partial charge >= 0.3 is 0 Å². The van der Waals surface area contributed by atoms with Crippen LogP contribution in [0.5, 0.6) is 0 Å². The Morgan fingerprint density at radius 2 is 1.95 bits per heavy atom. The lowest BCUT2D eigenvalue weighted by molar-refractivity contribution is -0.120. The highest BCUT2D eigenvalue weighted by molar-refractivity contribution is 6.35. The van der Waals surface area contributed by atoms with Crippen LogP contribution in [0.1, 0.15) is 28.4 Å². The number of benzene rings is 2. The van der Waals surface area contributed by atoms with Crippen LogP contribution >= 0.6 is 11.6 Å². The molecule has 7 N–H and O–H groups in total. The Labute approximate surface area is 219 Å². The molecule has 1 aliphatic rings. The van der Waals surface area contributed by atoms with Gasteiger partial charge in [0.15, 0.2) is 0 Å². The van der Waals surface area contributed by atoms with Crippen LogP contribution in [0.3, 0.4) is 0 Å². The fourth-order valence-corrected chi connectivity index (χ4v) is 3.63. The van der Waals surface area contributed by atoms with E-state index in [1.54, 1.807) is 0 Å². The smallest absolute Gasteiger partial charge is 0.262 e. The third-order valence-corrected chi connectivity index (χ3v) is 5.72. The molecule has 11 heteroatoms. The average Bonchev–Trinajstić information content (AvgIpc) is 2.90. The highest BCUT2D eigenvalue weighted by Gasteiger charge is 2.27. The molecule has 192 valence electrons. The first kappa shape index (κ1) is 27.2. The van der Waals surface area contributed by atoms with Crippen molar-refractivity contribution in [1.29, 1.82) is 0 Å². The largest absolute Gasteiger partial charge is 0.481 e. The Bertz CT molecular complexity index is 1300. The van der Waals surface area contributed by atoms with Crippen molar-refractivity contribution >= 4 is 40.8 Å². The first-order valence-electron chi connectivity index (χ1n) is 11.2. The number of methoxy groups -OCH3 is 1. The summed E-state index contributed by atoms with van der Waals surface area (Å²) in [6.07, 6.45) is 2.99. The maximum absolute atomic E-state index is 13.0. The van der Waals surface area contributed by atoms with Crippen molar-refractivity contribution in [3.8, 4) is 0 Å². The number of nitrogens with zero attached hydrogens (tertiary/aromatic N) is 1. The summed E-state index contributed by atoms with van der Waals surface area (Å²) in [5.74, 6) is -1.73. The van der Waals surface area contributed by atoms with Crippen LogP contribution in [0.15, 0.2) is 89.4 Å². The molecule has 0 saturated heterocycles. The first-order chi connectivity index (χ1) is 17.8. The molecular weight excluding hydrogens is 496 g/mol. The fourth-order valence-electron chi connectivity index (χ4n) is 3.46. The van der Waals surface area contributed by atoms with E-state index >= 15 is 0 Å². The van der Waals surface area contributed by atoms with Gasteiger partial charge in [0.25, 0.3) is 17.7 Å². The van der Waals surface area contributed by atoms with E-state index in [-0.39, 0.29) is 51.1 Å². The SMILES string of the molecule is C=C(/N=C1/NC(=O)C(C(=O)Nc2cc(C(=O)N[C@H](CCN)c3ccccc3)ccc2Cl)=C/C1=C/N)OC. The minimum Gasteiger partial charge on any atom is -0.481 e. The van der Waals surface area contributed by atoms with E-state index < -0.39 is 11.8 Å². The van der Waals surface area contributed by atoms with Gasteiger partial charge < -0.3 is 32.2 Å². The standard InChI is InChI=1S/C26H27ClN6O4/c1-15(37-2)30-23-18(14-29)12-19(26(36)33-23)25(35)32-22-13-17(8-9-20(22)27)24(34)31-21(10-11-28)16-6-4-3-5-7-16/h3-9,12-14,21H,1,10-11,28-29H2,2H3,(H,31,34)(H,32,35)(H,30,33,36)/b18-14-/t21-/m1/s1. The van der Waals surface area contributed by atoms with Crippen LogP contribution in [-0.2, 0) is 14.3 Å². The molecule has 1 atom stereocenters. The van der Waals surface area contributed by atoms with Crippen molar-refractivity contribution in [2.45, 2.75) is 12.5 Å². The minimum absolute atomic E-state index is 0.0405. The lowest BCUT2D eigenvalue weighted by atomic mass is 10.0. The molecule has 2 aromatic rings. The van der Waals surface area contributed by atoms with Gasteiger partial charge in [-0.25, -0.2) is 0 Å². The van der Waals surface area contributed by atoms with Crippen molar-refractivity contribution in [1.82, 2.24) is 10.6 Å². The minimum atomic E-state index is -0.758. The summed E-state index contributed by atoms with van der Waals surface area (Å²) in [5.41, 5.74) is 12.7. The molecule has 1 heterocycles. The number of hydrogen-bond donors (Lipinski definition) is 5. The van der Waals surface area contributed by atoms with E-state index in [0.29, 0.717) is 13.0 Å². The molecule has 0 unspecified atom stereocenters. The second-order valence-corrected chi connectivity index (χ2v) is 8.26. The highest BCUT2D eigenvalue weighted by Crippen LogP contribution is 2.25. The van der Waals surface area contributed by atoms with E-state index in [1.807, 2.05) is 30.3 Å². The number of carbonyl (C=O) groups excluding carboxylic acids is 3. The number of aliphatic imine (C=N–C) groups is 1. The van der Waals surface area contributed by atoms with Crippen LogP contribution in [0.4, 0.5) is 5.69 Å². The van der Waals surface area contributed by atoms with Gasteiger partial charge in [-0.3, -0.25) is 14.4 Å². The summed E-state index contributed by atoms with van der Waals surface area (Å²) >= 11 is 6.27. The average molecular weight is 523 g/mol. The molecule has 0 spiro atoms. The number of carbonyl (C=O) groups is 3. The van der Waals surface area contributed by atoms with Gasteiger partial charge in [0.05, 0.1) is 23.9 Å². The van der Waals surface area contributed by atoms with Crippen molar-refractivity contribution < 1.29 is 19.1 Å². The molecule has 37 heavy (non-hydrogen) atoms. The van der Waals surface area contributed by atoms with Gasteiger partial charge in [0.1, 0.15) is 11.4 Å². The first-order valence-corrected chi connectivity index (χ1v) is 11.6. The maximum Gasteiger partial charge on any atom is 0.262 e. The van der Waals surface area contributed by atoms with E-state index in [2.05, 4.69) is 27.5 Å². The molecule has 0 bridgehead atoms. The number of hydrogen-bond acceptors (Lipinski definition) is 7. The summed E-state index contributed by atoms with van der Waals surface area (Å²) in [6.45, 7) is 3.94. The van der Waals surface area contributed by atoms with E-state index in [9.17, 15) is 14.4 Å². The summed E-state index contributed by atoms with van der Waals surface area (Å²) in [6, 6.07) is 13.6. The number of nitrogens with two attached hydrogens (primary N) is 2. The topological polar surface area (TPSA) is 161 Å². The van der Waals surface area contributed by atoms with E-state index in [4.69, 9.17) is 27.8 Å². The summed E-state index contributed by atoms with van der Waals surface area (Å²) in [7, 11) is 1.37. The third-order valence-electron chi connectivity index (χ3n) is 5.39. The molecule has 2 aromatic carbocycles. The summed E-state index contributed by atoms with van der Waals surface area (Å²) < 4.78 is 4.89. The molecule has 0 aliphatic carbocycles. The van der Waals surface area contributed by atoms with Crippen LogP contribution in [0, 0.1) is 0 Å². The zero-order valence-electron chi connectivity index (χ0n) is 20.1. The Morgan fingerprint density at radius 1 is 1.22 bits per heavy atom. The summed E-state index contributed by atoms with van der Waals surface area (Å²) in [5, 5.41) is 8.19. The van der Waals surface area contributed by atoms with Gasteiger partial charge in [0, 0.05) is 17.3 Å². The summed E-state index contributed by atoms with van der Waals surface area (Å²) in [4.78, 5) is 42.5. The number of ether oxygens (including phenoxy) is 1. The zero-order chi connectivity index (χ0) is 26.9. The van der Waals surface area contributed by atoms with Gasteiger partial charge in [-0.15, -0.1) is 0 Å². The zero-order valence-corrected chi connectivity index (χ0v) is 20.8. The highest BCUT2D eigenvalue weighted by atomic mass is 35.5. The Hall–Kier alpha value is -4.41. The molecule has 3 rings (SSSR count). The molecule has 0 aromatic heterocycles. The van der Waals surface area contributed by atoms with E-state index in [1.165, 1.54) is 37.6 Å². The van der Waals surface area contributed by atoms with Gasteiger partial charge in [-0.05, 0) is 49.4 Å². The van der Waals surface area contributed by atoms with E-state index in [0.717, 1.165) is 5.56 Å². The predicted molar refractivity (Wildman–Crippen MR) is 142 cm³/mol. The van der Waals surface area contributed by atoms with Gasteiger partial charge in [-0.1, -0.05) is 41.9 Å². The van der Waals surface area contributed by atoms with Crippen molar-refractivity contribution in [2.24, 2.45) is 16.5 Å². The Balaban J connectivity index is 1.81. The molecule has 1 aliphatic heterocycles. The Morgan fingerprint density at radius 3 is 2.59 bits per heavy atom. The van der Waals surface area contributed by atoms with Gasteiger partial charge in [-0.2, -0.15) is 4.99 Å². The van der Waals surface area contributed by atoms with Crippen molar-refractivity contribution in [3.63, 3.8) is 0 Å². The number of amides is 3. The number of anilines is 1. The van der Waals surface area contributed by atoms with Crippen LogP contribution in [-0.4, -0.2) is 37.2 Å². The molecular formula is C26H27ClN6O4. The second-order valence-electron chi connectivity index (χ2n) is 7.86. The molecule has 0 fully saturated rings. The van der Waals surface area contributed by atoms with Gasteiger partial charge in [0.2, 0.25) is 5.88 Å². The fraction of sp³-hybridized carbons (Fsp3) is 0.154. The number of amidine groups is 1. The van der Waals surface area contributed by atoms with Crippen molar-refractivity contribution in [3.05, 3.63) is 101 Å². The molecule has 0 radical (unpaired) electrons. The predicted octanol–water partition coefficient (Wildman–Crippen LogP) is 2.51. The van der Waals surface area contributed by atoms with Crippen molar-refractivity contribution in [2.75, 3.05) is 19.0 Å². The second kappa shape index (κ2) is 12.5. The normalized spacial score (nSPS) is 16.0. The van der Waals surface area contributed by atoms with Crippen LogP contribution < -0.4 is 27.4 Å².